The first kappa shape index (κ1) is 17.0. The number of hydrogen-bond donors (Lipinski definition) is 2. The van der Waals surface area contributed by atoms with Gasteiger partial charge >= 0.3 is 0 Å². The normalized spacial score (nSPS) is 25.0. The zero-order chi connectivity index (χ0) is 17.2. The van der Waals surface area contributed by atoms with Crippen LogP contribution in [0.2, 0.25) is 0 Å². The summed E-state index contributed by atoms with van der Waals surface area (Å²) in [6.45, 7) is 0.792. The highest BCUT2D eigenvalue weighted by molar-refractivity contribution is 5.92. The minimum absolute atomic E-state index is 0.0230. The van der Waals surface area contributed by atoms with E-state index >= 15 is 0 Å². The van der Waals surface area contributed by atoms with Crippen molar-refractivity contribution in [3.63, 3.8) is 0 Å². The fourth-order valence-electron chi connectivity index (χ4n) is 3.90. The highest BCUT2D eigenvalue weighted by Gasteiger charge is 2.38. The second kappa shape index (κ2) is 6.93. The molecule has 7 nitrogen and oxygen atoms in total. The van der Waals surface area contributed by atoms with Crippen LogP contribution in [-0.4, -0.2) is 57.3 Å². The number of β-amino-alcohol motifs (C(OH)–C–C–N with tert-alkyl or cyclic N) is 1. The third kappa shape index (κ3) is 3.45. The van der Waals surface area contributed by atoms with E-state index in [1.807, 2.05) is 4.68 Å². The van der Waals surface area contributed by atoms with Crippen molar-refractivity contribution in [3.8, 4) is 0 Å². The van der Waals surface area contributed by atoms with Crippen LogP contribution in [0.4, 0.5) is 0 Å². The zero-order valence-electron chi connectivity index (χ0n) is 14.2. The Morgan fingerprint density at radius 3 is 2.83 bits per heavy atom. The average Bonchev–Trinajstić information content (AvgIpc) is 3.24. The van der Waals surface area contributed by atoms with Crippen LogP contribution in [0.5, 0.6) is 0 Å². The van der Waals surface area contributed by atoms with Crippen LogP contribution in [0.15, 0.2) is 12.3 Å². The first-order chi connectivity index (χ1) is 11.5. The van der Waals surface area contributed by atoms with Crippen LogP contribution < -0.4 is 5.32 Å². The van der Waals surface area contributed by atoms with E-state index in [4.69, 9.17) is 0 Å². The molecule has 1 atom stereocenters. The second-order valence-electron chi connectivity index (χ2n) is 7.00. The fraction of sp³-hybridized carbons (Fsp3) is 0.706. The van der Waals surface area contributed by atoms with Crippen LogP contribution >= 0.6 is 0 Å². The number of hydrogen-bond acceptors (Lipinski definition) is 4. The van der Waals surface area contributed by atoms with Crippen molar-refractivity contribution in [3.05, 3.63) is 18.0 Å². The Labute approximate surface area is 142 Å². The summed E-state index contributed by atoms with van der Waals surface area (Å²) in [5, 5.41) is 17.6. The summed E-state index contributed by atoms with van der Waals surface area (Å²) in [5.41, 5.74) is -0.558. The smallest absolute Gasteiger partial charge is 0.272 e. The summed E-state index contributed by atoms with van der Waals surface area (Å²) < 4.78 is 1.85. The number of likely N-dealkylation sites (tertiary alicyclic amines) is 1. The Balaban J connectivity index is 1.73. The van der Waals surface area contributed by atoms with E-state index in [0.717, 1.165) is 12.8 Å². The topological polar surface area (TPSA) is 87.5 Å². The molecule has 2 fully saturated rings. The molecule has 1 unspecified atom stereocenters. The molecule has 132 valence electrons. The maximum atomic E-state index is 12.9. The van der Waals surface area contributed by atoms with Gasteiger partial charge in [-0.1, -0.05) is 12.8 Å². The summed E-state index contributed by atoms with van der Waals surface area (Å²) >= 11 is 0. The largest absolute Gasteiger partial charge is 0.388 e. The maximum absolute atomic E-state index is 12.9. The van der Waals surface area contributed by atoms with E-state index < -0.39 is 5.60 Å². The van der Waals surface area contributed by atoms with Gasteiger partial charge in [0.15, 0.2) is 0 Å². The van der Waals surface area contributed by atoms with Crippen LogP contribution in [0.1, 0.15) is 61.5 Å². The summed E-state index contributed by atoms with van der Waals surface area (Å²) in [6.07, 6.45) is 7.39. The molecule has 1 aliphatic carbocycles. The van der Waals surface area contributed by atoms with Crippen LogP contribution in [0, 0.1) is 0 Å². The van der Waals surface area contributed by atoms with Gasteiger partial charge in [0.2, 0.25) is 5.91 Å². The minimum Gasteiger partial charge on any atom is -0.388 e. The van der Waals surface area contributed by atoms with Crippen LogP contribution in [-0.2, 0) is 4.79 Å². The van der Waals surface area contributed by atoms with Gasteiger partial charge in [0.25, 0.3) is 5.91 Å². The standard InChI is InChI=1S/C17H26N4O3/c1-18-15(22)11-17(24)8-4-10-20(12-17)16(23)14-7-9-19-21(14)13-5-2-3-6-13/h7,9,13,24H,2-6,8,10-12H2,1H3,(H,18,22). The second-order valence-corrected chi connectivity index (χ2v) is 7.00. The molecule has 1 aromatic rings. The SMILES string of the molecule is CNC(=O)CC1(O)CCCN(C(=O)c2ccnn2C2CCCC2)C1. The Bertz CT molecular complexity index is 609. The summed E-state index contributed by atoms with van der Waals surface area (Å²) in [5.74, 6) is -0.308. The van der Waals surface area contributed by atoms with Gasteiger partial charge in [0.1, 0.15) is 5.69 Å². The maximum Gasteiger partial charge on any atom is 0.272 e. The molecule has 2 aliphatic rings. The molecule has 0 aromatic carbocycles. The predicted molar refractivity (Wildman–Crippen MR) is 88.5 cm³/mol. The van der Waals surface area contributed by atoms with Crippen molar-refractivity contribution < 1.29 is 14.7 Å². The lowest BCUT2D eigenvalue weighted by molar-refractivity contribution is -0.127. The Kier molecular flexibility index (Phi) is 4.89. The number of rotatable bonds is 4. The van der Waals surface area contributed by atoms with Gasteiger partial charge in [-0.25, -0.2) is 0 Å². The van der Waals surface area contributed by atoms with Gasteiger partial charge in [-0.3, -0.25) is 14.3 Å². The van der Waals surface area contributed by atoms with Gasteiger partial charge in [-0.05, 0) is 31.7 Å². The number of nitrogens with one attached hydrogen (secondary N) is 1. The molecule has 7 heteroatoms. The minimum atomic E-state index is -1.15. The third-order valence-electron chi connectivity index (χ3n) is 5.17. The van der Waals surface area contributed by atoms with E-state index in [2.05, 4.69) is 10.4 Å². The molecule has 0 bridgehead atoms. The summed E-state index contributed by atoms with van der Waals surface area (Å²) in [7, 11) is 1.55. The number of amides is 2. The lowest BCUT2D eigenvalue weighted by Crippen LogP contribution is -2.52. The van der Waals surface area contributed by atoms with Gasteiger partial charge in [-0.15, -0.1) is 0 Å². The van der Waals surface area contributed by atoms with Crippen molar-refractivity contribution in [2.45, 2.75) is 56.6 Å². The molecule has 2 N–H and O–H groups in total. The summed E-state index contributed by atoms with van der Waals surface area (Å²) in [4.78, 5) is 26.2. The van der Waals surface area contributed by atoms with Crippen molar-refractivity contribution in [1.82, 2.24) is 20.0 Å². The van der Waals surface area contributed by atoms with Crippen molar-refractivity contribution in [1.29, 1.82) is 0 Å². The molecular weight excluding hydrogens is 308 g/mol. The zero-order valence-corrected chi connectivity index (χ0v) is 14.2. The van der Waals surface area contributed by atoms with Gasteiger partial charge in [0.05, 0.1) is 24.6 Å². The molecule has 1 aromatic heterocycles. The lowest BCUT2D eigenvalue weighted by atomic mass is 9.89. The number of nitrogens with zero attached hydrogens (tertiary/aromatic N) is 3. The highest BCUT2D eigenvalue weighted by atomic mass is 16.3. The average molecular weight is 334 g/mol. The van der Waals surface area contributed by atoms with Crippen LogP contribution in [0.25, 0.3) is 0 Å². The highest BCUT2D eigenvalue weighted by Crippen LogP contribution is 2.31. The van der Waals surface area contributed by atoms with Gasteiger partial charge in [0, 0.05) is 19.8 Å². The Hall–Kier alpha value is -1.89. The molecule has 2 heterocycles. The molecule has 1 aliphatic heterocycles. The fourth-order valence-corrected chi connectivity index (χ4v) is 3.90. The van der Waals surface area contributed by atoms with E-state index in [1.54, 1.807) is 24.2 Å². The molecule has 2 amide bonds. The van der Waals surface area contributed by atoms with Crippen molar-refractivity contribution in [2.75, 3.05) is 20.1 Å². The Morgan fingerprint density at radius 1 is 1.38 bits per heavy atom. The first-order valence-corrected chi connectivity index (χ1v) is 8.78. The van der Waals surface area contributed by atoms with Crippen molar-refractivity contribution in [2.24, 2.45) is 0 Å². The van der Waals surface area contributed by atoms with Gasteiger partial charge in [-0.2, -0.15) is 5.10 Å². The monoisotopic (exact) mass is 334 g/mol. The van der Waals surface area contributed by atoms with Crippen molar-refractivity contribution >= 4 is 11.8 Å². The number of carbonyl (C=O) groups is 2. The van der Waals surface area contributed by atoms with E-state index in [0.29, 0.717) is 31.1 Å². The molecule has 3 rings (SSSR count). The predicted octanol–water partition coefficient (Wildman–Crippen LogP) is 1.10. The summed E-state index contributed by atoms with van der Waals surface area (Å²) in [6, 6.07) is 2.06. The number of carbonyl (C=O) groups excluding carboxylic acids is 2. The molecule has 0 spiro atoms. The van der Waals surface area contributed by atoms with E-state index in [1.165, 1.54) is 12.8 Å². The molecule has 24 heavy (non-hydrogen) atoms. The molecular formula is C17H26N4O3. The van der Waals surface area contributed by atoms with Gasteiger partial charge < -0.3 is 15.3 Å². The molecule has 1 saturated carbocycles. The Morgan fingerprint density at radius 2 is 2.12 bits per heavy atom. The van der Waals surface area contributed by atoms with E-state index in [-0.39, 0.29) is 24.8 Å². The third-order valence-corrected chi connectivity index (χ3v) is 5.17. The molecule has 0 radical (unpaired) electrons. The number of aromatic nitrogens is 2. The quantitative estimate of drug-likeness (QED) is 0.863. The molecule has 1 saturated heterocycles. The lowest BCUT2D eigenvalue weighted by Gasteiger charge is -2.39. The first-order valence-electron chi connectivity index (χ1n) is 8.78. The number of piperidine rings is 1. The number of aliphatic hydroxyl groups is 1. The van der Waals surface area contributed by atoms with Crippen LogP contribution in [0.3, 0.4) is 0 Å². The van der Waals surface area contributed by atoms with E-state index in [9.17, 15) is 14.7 Å².